The Hall–Kier alpha value is -0.480. The molecule has 10 atom stereocenters. The summed E-state index contributed by atoms with van der Waals surface area (Å²) >= 11 is 0. The molecule has 11 N–H and O–H groups in total. The molecule has 12 heteroatoms. The summed E-state index contributed by atoms with van der Waals surface area (Å²) in [6.45, 7) is -0.996. The quantitative estimate of drug-likeness (QED) is 0.222. The molecule has 0 aromatic rings. The van der Waals surface area contributed by atoms with Gasteiger partial charge in [0.15, 0.2) is 12.6 Å². The van der Waals surface area contributed by atoms with Crippen LogP contribution in [-0.4, -0.2) is 121 Å². The van der Waals surface area contributed by atoms with E-state index >= 15 is 0 Å². The zero-order valence-electron chi connectivity index (χ0n) is 12.6. The molecular formula is C12H25NO11. The van der Waals surface area contributed by atoms with Gasteiger partial charge in [0.25, 0.3) is 0 Å². The van der Waals surface area contributed by atoms with Crippen molar-refractivity contribution in [3.63, 3.8) is 0 Å². The van der Waals surface area contributed by atoms with Crippen molar-refractivity contribution in [1.82, 2.24) is 0 Å². The van der Waals surface area contributed by atoms with Gasteiger partial charge in [-0.15, -0.1) is 0 Å². The summed E-state index contributed by atoms with van der Waals surface area (Å²) in [5.41, 5.74) is 5.26. The van der Waals surface area contributed by atoms with E-state index in [0.717, 1.165) is 0 Å². The Kier molecular flexibility index (Phi) is 8.34. The average molecular weight is 359 g/mol. The third-order valence-corrected chi connectivity index (χ3v) is 3.82. The molecule has 2 heterocycles. The Morgan fingerprint density at radius 2 is 1.00 bits per heavy atom. The molecule has 0 radical (unpaired) electrons. The molecule has 144 valence electrons. The molecule has 0 aliphatic carbocycles. The highest BCUT2D eigenvalue weighted by Crippen LogP contribution is 2.19. The number of hydrogen-bond acceptors (Lipinski definition) is 12. The summed E-state index contributed by atoms with van der Waals surface area (Å²) in [5, 5.41) is 80.7. The highest BCUT2D eigenvalue weighted by Gasteiger charge is 2.43. The largest absolute Gasteiger partial charge is 0.394 e. The van der Waals surface area contributed by atoms with Crippen molar-refractivity contribution in [2.75, 3.05) is 13.2 Å². The lowest BCUT2D eigenvalue weighted by Crippen LogP contribution is -2.61. The van der Waals surface area contributed by atoms with Crippen molar-refractivity contribution < 1.29 is 55.4 Å². The minimum atomic E-state index is -1.57. The summed E-state index contributed by atoms with van der Waals surface area (Å²) in [7, 11) is 0. The van der Waals surface area contributed by atoms with Crippen LogP contribution in [0.1, 0.15) is 0 Å². The van der Waals surface area contributed by atoms with Crippen molar-refractivity contribution in [2.24, 2.45) is 5.73 Å². The molecular weight excluding hydrogens is 334 g/mol. The summed E-state index contributed by atoms with van der Waals surface area (Å²) in [6.07, 6.45) is -11.9. The normalized spacial score (nSPS) is 49.2. The van der Waals surface area contributed by atoms with E-state index in [-0.39, 0.29) is 0 Å². The second-order valence-corrected chi connectivity index (χ2v) is 5.53. The highest BCUT2D eigenvalue weighted by molar-refractivity contribution is 4.90. The Balaban J connectivity index is 0.000000240. The summed E-state index contributed by atoms with van der Waals surface area (Å²) in [5.74, 6) is 0. The molecule has 0 spiro atoms. The van der Waals surface area contributed by atoms with Crippen molar-refractivity contribution in [1.29, 1.82) is 0 Å². The van der Waals surface area contributed by atoms with Crippen LogP contribution in [0.25, 0.3) is 0 Å². The lowest BCUT2D eigenvalue weighted by molar-refractivity contribution is -0.286. The lowest BCUT2D eigenvalue weighted by atomic mass is 9.98. The summed E-state index contributed by atoms with van der Waals surface area (Å²) < 4.78 is 9.28. The Labute approximate surface area is 136 Å². The Morgan fingerprint density at radius 3 is 1.46 bits per heavy atom. The predicted octanol–water partition coefficient (Wildman–Crippen LogP) is -6.48. The van der Waals surface area contributed by atoms with Gasteiger partial charge >= 0.3 is 0 Å². The molecule has 2 rings (SSSR count). The molecule has 2 unspecified atom stereocenters. The van der Waals surface area contributed by atoms with E-state index in [1.165, 1.54) is 0 Å². The van der Waals surface area contributed by atoms with Gasteiger partial charge in [-0.25, -0.2) is 0 Å². The molecule has 0 bridgehead atoms. The number of ether oxygens (including phenoxy) is 2. The molecule has 2 saturated heterocycles. The SMILES string of the molecule is N[C@H]1C(O)O[C@H](CO)[C@@H](O)[C@@H]1O.OC[C@H]1OC(O)[C@H](O)[C@@H](O)[C@@H]1O. The van der Waals surface area contributed by atoms with Gasteiger partial charge < -0.3 is 61.2 Å². The first-order valence-corrected chi connectivity index (χ1v) is 7.20. The molecule has 12 nitrogen and oxygen atoms in total. The van der Waals surface area contributed by atoms with Crippen molar-refractivity contribution in [3.05, 3.63) is 0 Å². The number of rotatable bonds is 2. The fraction of sp³-hybridized carbons (Fsp3) is 1.00. The van der Waals surface area contributed by atoms with Crippen LogP contribution in [0.3, 0.4) is 0 Å². The number of aliphatic hydroxyl groups excluding tert-OH is 9. The molecule has 2 aliphatic heterocycles. The Bertz CT molecular complexity index is 331. The number of hydrogen-bond donors (Lipinski definition) is 10. The second-order valence-electron chi connectivity index (χ2n) is 5.53. The Morgan fingerprint density at radius 1 is 0.583 bits per heavy atom. The van der Waals surface area contributed by atoms with E-state index in [4.69, 9.17) is 46.2 Å². The maximum atomic E-state index is 9.20. The number of nitrogens with two attached hydrogens (primary N) is 1. The minimum Gasteiger partial charge on any atom is -0.394 e. The number of aliphatic hydroxyl groups is 9. The standard InChI is InChI=1S/C6H13NO5.C6H12O6/c7-3-5(10)4(9)2(1-8)12-6(3)11;7-1-2-3(8)4(9)5(10)6(11)12-2/h2-6,8-11H,1,7H2;2-11H,1H2/t2-,3-,4-,5-,6?;2-,3-,4+,5-,6?/m11/s1. The first-order valence-electron chi connectivity index (χ1n) is 7.20. The van der Waals surface area contributed by atoms with Crippen molar-refractivity contribution in [3.8, 4) is 0 Å². The van der Waals surface area contributed by atoms with Gasteiger partial charge in [0, 0.05) is 0 Å². The van der Waals surface area contributed by atoms with Crippen LogP contribution in [0.15, 0.2) is 0 Å². The van der Waals surface area contributed by atoms with Crippen molar-refractivity contribution in [2.45, 2.75) is 61.3 Å². The van der Waals surface area contributed by atoms with Gasteiger partial charge in [0.1, 0.15) is 42.7 Å². The fourth-order valence-corrected chi connectivity index (χ4v) is 2.20. The van der Waals surface area contributed by atoms with Gasteiger partial charge in [-0.05, 0) is 0 Å². The highest BCUT2D eigenvalue weighted by atomic mass is 16.6. The topological polar surface area (TPSA) is 227 Å². The van der Waals surface area contributed by atoms with Gasteiger partial charge in [-0.1, -0.05) is 0 Å². The van der Waals surface area contributed by atoms with E-state index in [0.29, 0.717) is 0 Å². The molecule has 0 saturated carbocycles. The third kappa shape index (κ3) is 4.78. The van der Waals surface area contributed by atoms with Crippen LogP contribution >= 0.6 is 0 Å². The van der Waals surface area contributed by atoms with Gasteiger partial charge in [0.05, 0.1) is 19.3 Å². The smallest absolute Gasteiger partial charge is 0.184 e. The average Bonchev–Trinajstić information content (AvgIpc) is 2.58. The third-order valence-electron chi connectivity index (χ3n) is 3.82. The van der Waals surface area contributed by atoms with Crippen molar-refractivity contribution >= 4 is 0 Å². The van der Waals surface area contributed by atoms with E-state index in [1.807, 2.05) is 0 Å². The fourth-order valence-electron chi connectivity index (χ4n) is 2.20. The van der Waals surface area contributed by atoms with Crippen LogP contribution in [0, 0.1) is 0 Å². The summed E-state index contributed by atoms with van der Waals surface area (Å²) in [4.78, 5) is 0. The second kappa shape index (κ2) is 9.28. The molecule has 24 heavy (non-hydrogen) atoms. The summed E-state index contributed by atoms with van der Waals surface area (Å²) in [6, 6.07) is -1.04. The lowest BCUT2D eigenvalue weighted by Gasteiger charge is -2.38. The maximum Gasteiger partial charge on any atom is 0.184 e. The molecule has 0 amide bonds. The zero-order chi connectivity index (χ0) is 18.6. The van der Waals surface area contributed by atoms with Crippen LogP contribution in [0.4, 0.5) is 0 Å². The van der Waals surface area contributed by atoms with Crippen LogP contribution < -0.4 is 5.73 Å². The van der Waals surface area contributed by atoms with Crippen LogP contribution in [-0.2, 0) is 9.47 Å². The van der Waals surface area contributed by atoms with Gasteiger partial charge in [0.2, 0.25) is 0 Å². The van der Waals surface area contributed by atoms with Gasteiger partial charge in [-0.3, -0.25) is 0 Å². The first-order chi connectivity index (χ1) is 11.1. The van der Waals surface area contributed by atoms with E-state index in [2.05, 4.69) is 4.74 Å². The van der Waals surface area contributed by atoms with Crippen LogP contribution in [0.2, 0.25) is 0 Å². The van der Waals surface area contributed by atoms with Crippen LogP contribution in [0.5, 0.6) is 0 Å². The molecule has 0 aromatic heterocycles. The maximum absolute atomic E-state index is 9.20. The van der Waals surface area contributed by atoms with E-state index < -0.39 is 74.6 Å². The molecule has 0 aromatic carbocycles. The monoisotopic (exact) mass is 359 g/mol. The van der Waals surface area contributed by atoms with E-state index in [1.54, 1.807) is 0 Å². The molecule has 2 aliphatic rings. The predicted molar refractivity (Wildman–Crippen MR) is 73.9 cm³/mol. The minimum absolute atomic E-state index is 0.470. The van der Waals surface area contributed by atoms with E-state index in [9.17, 15) is 10.2 Å². The zero-order valence-corrected chi connectivity index (χ0v) is 12.6. The van der Waals surface area contributed by atoms with Gasteiger partial charge in [-0.2, -0.15) is 0 Å². The molecule has 2 fully saturated rings. The first kappa shape index (κ1) is 21.6.